The van der Waals surface area contributed by atoms with Gasteiger partial charge in [-0.25, -0.2) is 4.79 Å². The van der Waals surface area contributed by atoms with Crippen LogP contribution in [0.1, 0.15) is 16.1 Å². The van der Waals surface area contributed by atoms with Gasteiger partial charge in [-0.2, -0.15) is 0 Å². The van der Waals surface area contributed by atoms with Crippen molar-refractivity contribution in [3.63, 3.8) is 0 Å². The first-order valence-electron chi connectivity index (χ1n) is 4.56. The van der Waals surface area contributed by atoms with Crippen LogP contribution in [-0.2, 0) is 11.3 Å². The zero-order valence-corrected chi connectivity index (χ0v) is 9.81. The number of ether oxygens (including phenoxy) is 1. The maximum Gasteiger partial charge on any atom is 0.374 e. The first-order chi connectivity index (χ1) is 7.75. The molecule has 0 aliphatic rings. The van der Waals surface area contributed by atoms with E-state index in [0.29, 0.717) is 0 Å². The highest BCUT2D eigenvalue weighted by Crippen LogP contribution is 2.11. The third-order valence-corrected chi connectivity index (χ3v) is 2.29. The lowest BCUT2D eigenvalue weighted by Crippen LogP contribution is -2.04. The number of pyridine rings is 1. The maximum absolute atomic E-state index is 11.4. The summed E-state index contributed by atoms with van der Waals surface area (Å²) < 4.78 is 10.8. The highest BCUT2D eigenvalue weighted by molar-refractivity contribution is 9.10. The molecule has 0 unspecified atom stereocenters. The van der Waals surface area contributed by atoms with E-state index in [1.54, 1.807) is 24.5 Å². The number of aromatic nitrogens is 1. The fourth-order valence-electron chi connectivity index (χ4n) is 1.15. The number of rotatable bonds is 3. The third-order valence-electron chi connectivity index (χ3n) is 1.85. The van der Waals surface area contributed by atoms with Crippen LogP contribution in [0, 0.1) is 0 Å². The fraction of sp³-hybridized carbons (Fsp3) is 0.0909. The van der Waals surface area contributed by atoms with E-state index in [1.807, 2.05) is 6.07 Å². The molecule has 2 rings (SSSR count). The number of carbonyl (C=O) groups is 1. The topological polar surface area (TPSA) is 52.3 Å². The van der Waals surface area contributed by atoms with Gasteiger partial charge in [-0.15, -0.1) is 0 Å². The molecule has 2 aromatic heterocycles. The average molecular weight is 282 g/mol. The number of furan rings is 1. The van der Waals surface area contributed by atoms with E-state index in [-0.39, 0.29) is 12.4 Å². The predicted molar refractivity (Wildman–Crippen MR) is 59.8 cm³/mol. The molecule has 0 aliphatic heterocycles. The Balaban J connectivity index is 1.95. The molecule has 0 spiro atoms. The highest BCUT2D eigenvalue weighted by atomic mass is 79.9. The van der Waals surface area contributed by atoms with Gasteiger partial charge in [-0.05, 0) is 34.1 Å². The number of esters is 1. The average Bonchev–Trinajstić information content (AvgIpc) is 2.79. The van der Waals surface area contributed by atoms with E-state index >= 15 is 0 Å². The van der Waals surface area contributed by atoms with Gasteiger partial charge in [0, 0.05) is 22.4 Å². The van der Waals surface area contributed by atoms with Gasteiger partial charge in [0.2, 0.25) is 5.76 Å². The molecule has 0 aliphatic carbocycles. The number of halogens is 1. The van der Waals surface area contributed by atoms with Crippen LogP contribution in [0.4, 0.5) is 0 Å². The Kier molecular flexibility index (Phi) is 3.36. The Morgan fingerprint density at radius 3 is 3.06 bits per heavy atom. The van der Waals surface area contributed by atoms with Crippen molar-refractivity contribution in [2.24, 2.45) is 0 Å². The predicted octanol–water partition coefficient (Wildman–Crippen LogP) is 2.79. The molecule has 0 bridgehead atoms. The Bertz CT molecular complexity index is 482. The molecule has 0 fully saturated rings. The van der Waals surface area contributed by atoms with Crippen molar-refractivity contribution in [3.8, 4) is 0 Å². The number of carbonyl (C=O) groups excluding carboxylic acids is 1. The molecule has 2 aromatic rings. The summed E-state index contributed by atoms with van der Waals surface area (Å²) in [6.07, 6.45) is 4.73. The first kappa shape index (κ1) is 10.9. The molecule has 0 amide bonds. The zero-order chi connectivity index (χ0) is 11.4. The smallest absolute Gasteiger partial charge is 0.374 e. The third kappa shape index (κ3) is 2.70. The van der Waals surface area contributed by atoms with Crippen LogP contribution in [-0.4, -0.2) is 11.0 Å². The largest absolute Gasteiger partial charge is 0.457 e. The van der Waals surface area contributed by atoms with Crippen LogP contribution in [0.3, 0.4) is 0 Å². The second-order valence-electron chi connectivity index (χ2n) is 3.06. The Hall–Kier alpha value is -1.62. The molecule has 16 heavy (non-hydrogen) atoms. The first-order valence-corrected chi connectivity index (χ1v) is 5.35. The SMILES string of the molecule is O=C(OCc1cncc(Br)c1)c1ccco1. The van der Waals surface area contributed by atoms with Crippen LogP contribution in [0.25, 0.3) is 0 Å². The van der Waals surface area contributed by atoms with E-state index in [4.69, 9.17) is 9.15 Å². The summed E-state index contributed by atoms with van der Waals surface area (Å²) >= 11 is 3.29. The van der Waals surface area contributed by atoms with E-state index in [0.717, 1.165) is 10.0 Å². The molecule has 0 saturated carbocycles. The van der Waals surface area contributed by atoms with Crippen molar-refractivity contribution >= 4 is 21.9 Å². The summed E-state index contributed by atoms with van der Waals surface area (Å²) in [5.41, 5.74) is 0.814. The zero-order valence-electron chi connectivity index (χ0n) is 8.22. The molecule has 2 heterocycles. The lowest BCUT2D eigenvalue weighted by atomic mass is 10.3. The normalized spacial score (nSPS) is 10.1. The standard InChI is InChI=1S/C11H8BrNO3/c12-9-4-8(5-13-6-9)7-16-11(14)10-2-1-3-15-10/h1-6H,7H2. The molecule has 4 nitrogen and oxygen atoms in total. The van der Waals surface area contributed by atoms with Crippen molar-refractivity contribution in [2.75, 3.05) is 0 Å². The lowest BCUT2D eigenvalue weighted by molar-refractivity contribution is 0.0436. The Morgan fingerprint density at radius 1 is 1.50 bits per heavy atom. The molecule has 0 atom stereocenters. The number of hydrogen-bond acceptors (Lipinski definition) is 4. The van der Waals surface area contributed by atoms with Crippen LogP contribution < -0.4 is 0 Å². The quantitative estimate of drug-likeness (QED) is 0.812. The van der Waals surface area contributed by atoms with Crippen LogP contribution in [0.2, 0.25) is 0 Å². The molecule has 0 radical (unpaired) electrons. The van der Waals surface area contributed by atoms with Crippen molar-refractivity contribution in [1.29, 1.82) is 0 Å². The van der Waals surface area contributed by atoms with Gasteiger partial charge in [0.1, 0.15) is 6.61 Å². The van der Waals surface area contributed by atoms with Gasteiger partial charge in [0.25, 0.3) is 0 Å². The second kappa shape index (κ2) is 4.94. The highest BCUT2D eigenvalue weighted by Gasteiger charge is 2.09. The van der Waals surface area contributed by atoms with Crippen LogP contribution in [0.15, 0.2) is 45.7 Å². The monoisotopic (exact) mass is 281 g/mol. The number of nitrogens with zero attached hydrogens (tertiary/aromatic N) is 1. The molecule has 5 heteroatoms. The summed E-state index contributed by atoms with van der Waals surface area (Å²) in [6.45, 7) is 0.173. The van der Waals surface area contributed by atoms with Gasteiger partial charge in [0.05, 0.1) is 6.26 Å². The van der Waals surface area contributed by atoms with E-state index in [1.165, 1.54) is 6.26 Å². The van der Waals surface area contributed by atoms with Crippen molar-refractivity contribution in [2.45, 2.75) is 6.61 Å². The van der Waals surface area contributed by atoms with Crippen molar-refractivity contribution in [1.82, 2.24) is 4.98 Å². The minimum absolute atomic E-state index is 0.173. The maximum atomic E-state index is 11.4. The Morgan fingerprint density at radius 2 is 2.38 bits per heavy atom. The van der Waals surface area contributed by atoms with Crippen LogP contribution in [0.5, 0.6) is 0 Å². The molecule has 0 N–H and O–H groups in total. The summed E-state index contributed by atoms with van der Waals surface area (Å²) in [5, 5.41) is 0. The number of hydrogen-bond donors (Lipinski definition) is 0. The second-order valence-corrected chi connectivity index (χ2v) is 3.98. The van der Waals surface area contributed by atoms with E-state index in [2.05, 4.69) is 20.9 Å². The van der Waals surface area contributed by atoms with Gasteiger partial charge >= 0.3 is 5.97 Å². The van der Waals surface area contributed by atoms with E-state index in [9.17, 15) is 4.79 Å². The molecule has 0 saturated heterocycles. The molecule has 0 aromatic carbocycles. The summed E-state index contributed by atoms with van der Waals surface area (Å²) in [7, 11) is 0. The minimum atomic E-state index is -0.482. The summed E-state index contributed by atoms with van der Waals surface area (Å²) in [5.74, 6) is -0.284. The van der Waals surface area contributed by atoms with Crippen LogP contribution >= 0.6 is 15.9 Å². The van der Waals surface area contributed by atoms with Crippen molar-refractivity contribution < 1.29 is 13.9 Å². The van der Waals surface area contributed by atoms with E-state index < -0.39 is 5.97 Å². The summed E-state index contributed by atoms with van der Waals surface area (Å²) in [4.78, 5) is 15.4. The fourth-order valence-corrected chi connectivity index (χ4v) is 1.56. The minimum Gasteiger partial charge on any atom is -0.457 e. The van der Waals surface area contributed by atoms with Crippen molar-refractivity contribution in [3.05, 3.63) is 52.7 Å². The van der Waals surface area contributed by atoms with Gasteiger partial charge in [0.15, 0.2) is 0 Å². The molecular formula is C11H8BrNO3. The summed E-state index contributed by atoms with van der Waals surface area (Å²) in [6, 6.07) is 5.03. The van der Waals surface area contributed by atoms with Gasteiger partial charge in [-0.3, -0.25) is 4.98 Å². The Labute approximate surface area is 100 Å². The lowest BCUT2D eigenvalue weighted by Gasteiger charge is -2.02. The van der Waals surface area contributed by atoms with Gasteiger partial charge < -0.3 is 9.15 Å². The molecular weight excluding hydrogens is 274 g/mol. The van der Waals surface area contributed by atoms with Gasteiger partial charge in [-0.1, -0.05) is 0 Å². The molecule has 82 valence electrons.